The molecular weight excluding hydrogens is 356 g/mol. The van der Waals surface area contributed by atoms with Crippen LogP contribution in [0.1, 0.15) is 12.2 Å². The Morgan fingerprint density at radius 2 is 2.04 bits per heavy atom. The first kappa shape index (κ1) is 17.2. The van der Waals surface area contributed by atoms with Gasteiger partial charge in [-0.05, 0) is 12.1 Å². The van der Waals surface area contributed by atoms with Crippen LogP contribution in [-0.4, -0.2) is 30.2 Å². The molecule has 0 saturated heterocycles. The van der Waals surface area contributed by atoms with Crippen LogP contribution in [0.4, 0.5) is 8.78 Å². The zero-order chi connectivity index (χ0) is 18.0. The summed E-state index contributed by atoms with van der Waals surface area (Å²) in [6.07, 6.45) is 1.48. The fourth-order valence-corrected chi connectivity index (χ4v) is 3.78. The Hall–Kier alpha value is -2.62. The van der Waals surface area contributed by atoms with Gasteiger partial charge < -0.3 is 9.84 Å². The van der Waals surface area contributed by atoms with Gasteiger partial charge in [0.05, 0.1) is 12.3 Å². The molecule has 1 N–H and O–H groups in total. The van der Waals surface area contributed by atoms with Gasteiger partial charge in [-0.1, -0.05) is 17.3 Å². The number of sulfone groups is 1. The van der Waals surface area contributed by atoms with Crippen molar-refractivity contribution < 1.29 is 26.5 Å². The van der Waals surface area contributed by atoms with Crippen molar-refractivity contribution >= 4 is 15.7 Å². The SMILES string of the molecule is O=C(C[C@H]1C=CS(=O)(=O)C1)NCc1noc(-c2c(F)cccc2F)n1. The number of carbonyl (C=O) groups is 1. The van der Waals surface area contributed by atoms with Crippen LogP contribution in [0.2, 0.25) is 0 Å². The summed E-state index contributed by atoms with van der Waals surface area (Å²) in [5.41, 5.74) is -0.436. The van der Waals surface area contributed by atoms with E-state index in [0.29, 0.717) is 0 Å². The normalized spacial score (nSPS) is 18.4. The van der Waals surface area contributed by atoms with Crippen LogP contribution in [0.25, 0.3) is 11.5 Å². The molecule has 2 aromatic rings. The average molecular weight is 369 g/mol. The van der Waals surface area contributed by atoms with E-state index in [1.54, 1.807) is 0 Å². The van der Waals surface area contributed by atoms with Gasteiger partial charge in [0.25, 0.3) is 5.89 Å². The van der Waals surface area contributed by atoms with Crippen LogP contribution in [0.3, 0.4) is 0 Å². The summed E-state index contributed by atoms with van der Waals surface area (Å²) in [6, 6.07) is 3.34. The smallest absolute Gasteiger partial charge is 0.263 e. The van der Waals surface area contributed by atoms with Crippen LogP contribution in [0.15, 0.2) is 34.2 Å². The number of halogens is 2. The highest BCUT2D eigenvalue weighted by Crippen LogP contribution is 2.24. The van der Waals surface area contributed by atoms with Gasteiger partial charge in [-0.2, -0.15) is 4.98 Å². The topological polar surface area (TPSA) is 102 Å². The molecule has 0 fully saturated rings. The number of nitrogens with zero attached hydrogens (tertiary/aromatic N) is 2. The van der Waals surface area contributed by atoms with Crippen molar-refractivity contribution in [2.75, 3.05) is 5.75 Å². The Labute approximate surface area is 141 Å². The zero-order valence-corrected chi connectivity index (χ0v) is 13.6. The first-order valence-corrected chi connectivity index (χ1v) is 9.00. The molecule has 1 aromatic heterocycles. The molecule has 1 aliphatic heterocycles. The fourth-order valence-electron chi connectivity index (χ4n) is 2.38. The van der Waals surface area contributed by atoms with E-state index in [9.17, 15) is 22.0 Å². The molecule has 1 aliphatic rings. The van der Waals surface area contributed by atoms with Crippen molar-refractivity contribution in [2.45, 2.75) is 13.0 Å². The lowest BCUT2D eigenvalue weighted by Crippen LogP contribution is -2.26. The van der Waals surface area contributed by atoms with E-state index in [2.05, 4.69) is 15.5 Å². The molecule has 3 rings (SSSR count). The number of carbonyl (C=O) groups excluding carboxylic acids is 1. The highest BCUT2D eigenvalue weighted by molar-refractivity contribution is 7.94. The van der Waals surface area contributed by atoms with Gasteiger partial charge in [0.15, 0.2) is 15.7 Å². The molecule has 0 spiro atoms. The van der Waals surface area contributed by atoms with Crippen LogP contribution in [0.5, 0.6) is 0 Å². The second-order valence-electron chi connectivity index (χ2n) is 5.51. The molecule has 132 valence electrons. The maximum Gasteiger partial charge on any atom is 0.263 e. The molecule has 0 radical (unpaired) electrons. The average Bonchev–Trinajstić information content (AvgIpc) is 3.12. The van der Waals surface area contributed by atoms with Gasteiger partial charge in [-0.3, -0.25) is 4.79 Å². The number of amides is 1. The van der Waals surface area contributed by atoms with E-state index in [1.165, 1.54) is 12.1 Å². The number of aromatic nitrogens is 2. The lowest BCUT2D eigenvalue weighted by Gasteiger charge is -2.06. The summed E-state index contributed by atoms with van der Waals surface area (Å²) in [5, 5.41) is 7.16. The number of hydrogen-bond acceptors (Lipinski definition) is 6. The number of rotatable bonds is 5. The Balaban J connectivity index is 1.59. The standard InChI is InChI=1S/C15H13F2N3O4S/c16-10-2-1-3-11(17)14(10)15-19-12(20-24-15)7-18-13(21)6-9-4-5-25(22,23)8-9/h1-5,9H,6-8H2,(H,18,21)/t9-/m1/s1. The Morgan fingerprint density at radius 1 is 1.32 bits per heavy atom. The second-order valence-corrected chi connectivity index (χ2v) is 7.44. The molecule has 0 unspecified atom stereocenters. The molecule has 0 aliphatic carbocycles. The summed E-state index contributed by atoms with van der Waals surface area (Å²) >= 11 is 0. The van der Waals surface area contributed by atoms with Crippen molar-refractivity contribution in [2.24, 2.45) is 5.92 Å². The first-order chi connectivity index (χ1) is 11.8. The van der Waals surface area contributed by atoms with Crippen LogP contribution in [-0.2, 0) is 21.2 Å². The Morgan fingerprint density at radius 3 is 2.68 bits per heavy atom. The molecular formula is C15H13F2N3O4S. The third-order valence-corrected chi connectivity index (χ3v) is 5.00. The summed E-state index contributed by atoms with van der Waals surface area (Å²) in [5.74, 6) is -2.83. The highest BCUT2D eigenvalue weighted by atomic mass is 32.2. The van der Waals surface area contributed by atoms with E-state index in [0.717, 1.165) is 17.5 Å². The largest absolute Gasteiger partial charge is 0.349 e. The van der Waals surface area contributed by atoms with Crippen molar-refractivity contribution in [3.05, 3.63) is 47.1 Å². The van der Waals surface area contributed by atoms with Gasteiger partial charge in [-0.15, -0.1) is 0 Å². The number of hydrogen-bond donors (Lipinski definition) is 1. The van der Waals surface area contributed by atoms with Crippen LogP contribution < -0.4 is 5.32 Å². The van der Waals surface area contributed by atoms with Crippen molar-refractivity contribution in [3.63, 3.8) is 0 Å². The monoisotopic (exact) mass is 369 g/mol. The van der Waals surface area contributed by atoms with E-state index >= 15 is 0 Å². The van der Waals surface area contributed by atoms with Gasteiger partial charge in [0.2, 0.25) is 5.91 Å². The molecule has 1 atom stereocenters. The van der Waals surface area contributed by atoms with Crippen molar-refractivity contribution in [3.8, 4) is 11.5 Å². The minimum Gasteiger partial charge on any atom is -0.349 e. The van der Waals surface area contributed by atoms with Crippen LogP contribution >= 0.6 is 0 Å². The summed E-state index contributed by atoms with van der Waals surface area (Å²) in [4.78, 5) is 15.7. The quantitative estimate of drug-likeness (QED) is 0.858. The highest BCUT2D eigenvalue weighted by Gasteiger charge is 2.24. The Bertz CT molecular complexity index is 920. The third-order valence-electron chi connectivity index (χ3n) is 3.54. The van der Waals surface area contributed by atoms with Gasteiger partial charge in [0, 0.05) is 17.7 Å². The predicted molar refractivity (Wildman–Crippen MR) is 82.5 cm³/mol. The molecule has 25 heavy (non-hydrogen) atoms. The summed E-state index contributed by atoms with van der Waals surface area (Å²) < 4.78 is 54.7. The lowest BCUT2D eigenvalue weighted by molar-refractivity contribution is -0.121. The number of benzene rings is 1. The van der Waals surface area contributed by atoms with E-state index in [-0.39, 0.29) is 36.4 Å². The summed E-state index contributed by atoms with van der Waals surface area (Å²) in [6.45, 7) is -0.110. The minimum atomic E-state index is -3.21. The molecule has 1 amide bonds. The van der Waals surface area contributed by atoms with Crippen molar-refractivity contribution in [1.29, 1.82) is 0 Å². The maximum atomic E-state index is 13.7. The van der Waals surface area contributed by atoms with Crippen LogP contribution in [0, 0.1) is 17.6 Å². The number of allylic oxidation sites excluding steroid dienone is 1. The maximum absolute atomic E-state index is 13.7. The van der Waals surface area contributed by atoms with Gasteiger partial charge in [0.1, 0.15) is 17.2 Å². The summed E-state index contributed by atoms with van der Waals surface area (Å²) in [7, 11) is -3.21. The first-order valence-electron chi connectivity index (χ1n) is 7.29. The lowest BCUT2D eigenvalue weighted by atomic mass is 10.1. The van der Waals surface area contributed by atoms with Gasteiger partial charge in [-0.25, -0.2) is 17.2 Å². The zero-order valence-electron chi connectivity index (χ0n) is 12.8. The fraction of sp³-hybridized carbons (Fsp3) is 0.267. The molecule has 0 bridgehead atoms. The molecule has 7 nitrogen and oxygen atoms in total. The molecule has 0 saturated carbocycles. The van der Waals surface area contributed by atoms with E-state index in [1.807, 2.05) is 0 Å². The van der Waals surface area contributed by atoms with Gasteiger partial charge >= 0.3 is 0 Å². The second kappa shape index (κ2) is 6.71. The predicted octanol–water partition coefficient (Wildman–Crippen LogP) is 1.58. The molecule has 1 aromatic carbocycles. The van der Waals surface area contributed by atoms with E-state index < -0.39 is 32.9 Å². The minimum absolute atomic E-state index is 0.00236. The Kier molecular flexibility index (Phi) is 4.62. The number of nitrogens with one attached hydrogen (secondary N) is 1. The molecule has 2 heterocycles. The van der Waals surface area contributed by atoms with E-state index in [4.69, 9.17) is 4.52 Å². The third kappa shape index (κ3) is 4.08. The molecule has 10 heteroatoms. The van der Waals surface area contributed by atoms with Crippen molar-refractivity contribution in [1.82, 2.24) is 15.5 Å².